The van der Waals surface area contributed by atoms with Gasteiger partial charge < -0.3 is 15.1 Å². The first-order valence-corrected chi connectivity index (χ1v) is 6.95. The van der Waals surface area contributed by atoms with Crippen molar-refractivity contribution in [1.82, 2.24) is 4.90 Å². The summed E-state index contributed by atoms with van der Waals surface area (Å²) in [5.74, 6) is -0.741. The largest absolute Gasteiger partial charge is 0.502 e. The van der Waals surface area contributed by atoms with Crippen molar-refractivity contribution in [2.75, 3.05) is 0 Å². The second kappa shape index (κ2) is 5.00. The highest BCUT2D eigenvalue weighted by Gasteiger charge is 2.43. The van der Waals surface area contributed by atoms with Crippen LogP contribution in [0.5, 0.6) is 5.75 Å². The zero-order valence-electron chi connectivity index (χ0n) is 11.3. The Morgan fingerprint density at radius 3 is 2.43 bits per heavy atom. The van der Waals surface area contributed by atoms with Gasteiger partial charge in [-0.15, -0.1) is 0 Å². The van der Waals surface area contributed by atoms with Gasteiger partial charge in [0, 0.05) is 23.7 Å². The molecule has 0 saturated carbocycles. The molecular weight excluding hydrogens is 276 g/mol. The number of aromatic hydroxyl groups is 1. The third kappa shape index (κ3) is 2.33. The first-order chi connectivity index (χ1) is 9.97. The molecule has 2 unspecified atom stereocenters. The van der Waals surface area contributed by atoms with E-state index in [1.165, 1.54) is 6.07 Å². The van der Waals surface area contributed by atoms with Gasteiger partial charge >= 0.3 is 5.69 Å². The molecule has 112 valence electrons. The third-order valence-electron chi connectivity index (χ3n) is 4.36. The molecule has 0 radical (unpaired) electrons. The number of nitro benzene ring substituents is 1. The second-order valence-corrected chi connectivity index (χ2v) is 5.68. The average Bonchev–Trinajstić information content (AvgIpc) is 2.69. The number of amides is 1. The fourth-order valence-corrected chi connectivity index (χ4v) is 3.44. The molecule has 2 bridgehead atoms. The summed E-state index contributed by atoms with van der Waals surface area (Å²) in [6, 6.07) is 3.69. The van der Waals surface area contributed by atoms with Crippen molar-refractivity contribution in [1.29, 1.82) is 0 Å². The molecule has 2 aliphatic rings. The lowest BCUT2D eigenvalue weighted by atomic mass is 9.98. The molecule has 2 aliphatic heterocycles. The van der Waals surface area contributed by atoms with Crippen LogP contribution in [0.4, 0.5) is 5.69 Å². The zero-order valence-corrected chi connectivity index (χ0v) is 11.3. The molecule has 0 aliphatic carbocycles. The molecule has 1 aromatic carbocycles. The Bertz CT molecular complexity index is 589. The molecule has 0 spiro atoms. The lowest BCUT2D eigenvalue weighted by Crippen LogP contribution is -2.47. The molecule has 2 fully saturated rings. The number of carbonyl (C=O) groups excluding carboxylic acids is 1. The standard InChI is InChI=1S/C14H16N2O5/c17-11-6-9-2-3-10(7-11)15(9)14(19)8-1-4-12(16(20)21)13(18)5-8/h1,4-5,9-11,17-18H,2-3,6-7H2. The summed E-state index contributed by atoms with van der Waals surface area (Å²) >= 11 is 0. The highest BCUT2D eigenvalue weighted by molar-refractivity contribution is 5.95. The van der Waals surface area contributed by atoms with Gasteiger partial charge in [-0.05, 0) is 37.8 Å². The Balaban J connectivity index is 1.86. The number of aliphatic hydroxyl groups excluding tert-OH is 1. The minimum absolute atomic E-state index is 0.0172. The molecule has 0 aromatic heterocycles. The molecule has 7 nitrogen and oxygen atoms in total. The predicted molar refractivity (Wildman–Crippen MR) is 73.0 cm³/mol. The van der Waals surface area contributed by atoms with Crippen LogP contribution < -0.4 is 0 Å². The van der Waals surface area contributed by atoms with Crippen LogP contribution in [0.2, 0.25) is 0 Å². The van der Waals surface area contributed by atoms with Crippen molar-refractivity contribution < 1.29 is 19.9 Å². The van der Waals surface area contributed by atoms with E-state index in [2.05, 4.69) is 0 Å². The van der Waals surface area contributed by atoms with Gasteiger partial charge in [0.25, 0.3) is 5.91 Å². The van der Waals surface area contributed by atoms with Crippen molar-refractivity contribution >= 4 is 11.6 Å². The van der Waals surface area contributed by atoms with E-state index in [4.69, 9.17) is 0 Å². The average molecular weight is 292 g/mol. The van der Waals surface area contributed by atoms with E-state index in [1.807, 2.05) is 0 Å². The normalized spacial score (nSPS) is 27.7. The number of phenolic OH excluding ortho intramolecular Hbond substituents is 1. The van der Waals surface area contributed by atoms with E-state index in [1.54, 1.807) is 4.90 Å². The SMILES string of the molecule is O=C(c1ccc([N+](=O)[O-])c(O)c1)N1C2CCC1CC(O)C2. The molecular formula is C14H16N2O5. The summed E-state index contributed by atoms with van der Waals surface area (Å²) in [7, 11) is 0. The van der Waals surface area contributed by atoms with Crippen LogP contribution in [-0.4, -0.2) is 44.1 Å². The molecule has 3 rings (SSSR count). The van der Waals surface area contributed by atoms with Crippen LogP contribution in [0.3, 0.4) is 0 Å². The number of nitro groups is 1. The van der Waals surface area contributed by atoms with Gasteiger partial charge in [-0.25, -0.2) is 0 Å². The molecule has 21 heavy (non-hydrogen) atoms. The molecule has 1 aromatic rings. The highest BCUT2D eigenvalue weighted by atomic mass is 16.6. The van der Waals surface area contributed by atoms with E-state index in [9.17, 15) is 25.1 Å². The quantitative estimate of drug-likeness (QED) is 0.634. The van der Waals surface area contributed by atoms with Crippen molar-refractivity contribution in [2.45, 2.75) is 43.9 Å². The summed E-state index contributed by atoms with van der Waals surface area (Å²) in [5, 5.41) is 30.1. The van der Waals surface area contributed by atoms with Crippen LogP contribution in [-0.2, 0) is 0 Å². The topological polar surface area (TPSA) is 104 Å². The summed E-state index contributed by atoms with van der Waals surface area (Å²) in [6.45, 7) is 0. The minimum atomic E-state index is -0.690. The molecule has 2 atom stereocenters. The van der Waals surface area contributed by atoms with Crippen LogP contribution in [0, 0.1) is 10.1 Å². The van der Waals surface area contributed by atoms with E-state index < -0.39 is 16.4 Å². The van der Waals surface area contributed by atoms with E-state index in [-0.39, 0.29) is 29.7 Å². The number of nitrogens with zero attached hydrogens (tertiary/aromatic N) is 2. The summed E-state index contributed by atoms with van der Waals surface area (Å²) in [6.07, 6.45) is 2.51. The first-order valence-electron chi connectivity index (χ1n) is 6.95. The van der Waals surface area contributed by atoms with Gasteiger partial charge in [-0.1, -0.05) is 0 Å². The molecule has 2 heterocycles. The smallest absolute Gasteiger partial charge is 0.310 e. The van der Waals surface area contributed by atoms with Crippen LogP contribution >= 0.6 is 0 Å². The maximum absolute atomic E-state index is 12.6. The number of rotatable bonds is 2. The van der Waals surface area contributed by atoms with Gasteiger partial charge in [-0.2, -0.15) is 0 Å². The predicted octanol–water partition coefficient (Wildman–Crippen LogP) is 1.43. The fraction of sp³-hybridized carbons (Fsp3) is 0.500. The van der Waals surface area contributed by atoms with Gasteiger partial charge in [0.1, 0.15) is 0 Å². The number of phenols is 1. The Hall–Kier alpha value is -2.15. The monoisotopic (exact) mass is 292 g/mol. The fourth-order valence-electron chi connectivity index (χ4n) is 3.44. The lowest BCUT2D eigenvalue weighted by Gasteiger charge is -2.37. The maximum Gasteiger partial charge on any atom is 0.310 e. The van der Waals surface area contributed by atoms with Crippen LogP contribution in [0.25, 0.3) is 0 Å². The second-order valence-electron chi connectivity index (χ2n) is 5.68. The Morgan fingerprint density at radius 2 is 1.90 bits per heavy atom. The Labute approximate surface area is 121 Å². The van der Waals surface area contributed by atoms with Gasteiger partial charge in [0.05, 0.1) is 11.0 Å². The Kier molecular flexibility index (Phi) is 3.29. The zero-order chi connectivity index (χ0) is 15.1. The van der Waals surface area contributed by atoms with E-state index in [0.717, 1.165) is 25.0 Å². The molecule has 2 saturated heterocycles. The van der Waals surface area contributed by atoms with Crippen LogP contribution in [0.15, 0.2) is 18.2 Å². The lowest BCUT2D eigenvalue weighted by molar-refractivity contribution is -0.385. The van der Waals surface area contributed by atoms with Crippen molar-refractivity contribution in [3.63, 3.8) is 0 Å². The van der Waals surface area contributed by atoms with Crippen LogP contribution in [0.1, 0.15) is 36.0 Å². The number of aliphatic hydroxyl groups is 1. The maximum atomic E-state index is 12.6. The van der Waals surface area contributed by atoms with E-state index in [0.29, 0.717) is 12.8 Å². The summed E-state index contributed by atoms with van der Waals surface area (Å²) < 4.78 is 0. The number of benzene rings is 1. The highest BCUT2D eigenvalue weighted by Crippen LogP contribution is 2.37. The van der Waals surface area contributed by atoms with Crippen molar-refractivity contribution in [2.24, 2.45) is 0 Å². The number of fused-ring (bicyclic) bond motifs is 2. The van der Waals surface area contributed by atoms with Crippen molar-refractivity contribution in [3.8, 4) is 5.75 Å². The van der Waals surface area contributed by atoms with Gasteiger partial charge in [0.15, 0.2) is 5.75 Å². The minimum Gasteiger partial charge on any atom is -0.502 e. The number of hydrogen-bond acceptors (Lipinski definition) is 5. The van der Waals surface area contributed by atoms with Gasteiger partial charge in [0.2, 0.25) is 0 Å². The first kappa shape index (κ1) is 13.8. The van der Waals surface area contributed by atoms with Gasteiger partial charge in [-0.3, -0.25) is 14.9 Å². The Morgan fingerprint density at radius 1 is 1.29 bits per heavy atom. The number of carbonyl (C=O) groups is 1. The number of piperidine rings is 1. The molecule has 7 heteroatoms. The van der Waals surface area contributed by atoms with E-state index >= 15 is 0 Å². The molecule has 2 N–H and O–H groups in total. The summed E-state index contributed by atoms with van der Waals surface area (Å²) in [4.78, 5) is 24.3. The number of hydrogen-bond donors (Lipinski definition) is 2. The van der Waals surface area contributed by atoms with Crippen molar-refractivity contribution in [3.05, 3.63) is 33.9 Å². The molecule has 1 amide bonds. The third-order valence-corrected chi connectivity index (χ3v) is 4.36. The summed E-state index contributed by atoms with van der Waals surface area (Å²) in [5.41, 5.74) is -0.171.